The van der Waals surface area contributed by atoms with Gasteiger partial charge in [0.1, 0.15) is 30.5 Å². The molecule has 0 heterocycles. The van der Waals surface area contributed by atoms with E-state index in [2.05, 4.69) is 15.6 Å². The van der Waals surface area contributed by atoms with Gasteiger partial charge in [0, 0.05) is 28.4 Å². The number of carbonyl (C=O) groups excluding carboxylic acids is 1. The minimum atomic E-state index is -1.22. The smallest absolute Gasteiger partial charge is 0.279 e. The number of halogens is 5. The molecule has 0 aliphatic rings. The maximum atomic E-state index is 14.9. The first-order valence-corrected chi connectivity index (χ1v) is 11.6. The normalized spacial score (nSPS) is 12.8. The third-order valence-corrected chi connectivity index (χ3v) is 5.44. The molecule has 194 valence electrons. The van der Waals surface area contributed by atoms with E-state index in [1.807, 2.05) is 6.92 Å². The van der Waals surface area contributed by atoms with Crippen LogP contribution in [-0.2, 0) is 0 Å². The molecule has 0 aromatic heterocycles. The van der Waals surface area contributed by atoms with E-state index >= 15 is 0 Å². The Morgan fingerprint density at radius 3 is 2.49 bits per heavy atom. The van der Waals surface area contributed by atoms with Gasteiger partial charge < -0.3 is 11.1 Å². The van der Waals surface area contributed by atoms with Crippen LogP contribution < -0.4 is 16.4 Å². The standard InChI is InChI=1S/C26H24ClF4N5O/c1-3-4-10-36(2)24(23-20(30)6-5-7-22(23)32)34-26(33-18-13-16(27)12-17(28)14-18)35-25(37)15-8-9-19(29)21(31)11-15/h5-14,24H,3-4,32H2,1-2H3,(H-,33,34,35,37)/p+1. The molecule has 0 radical (unpaired) electrons. The van der Waals surface area contributed by atoms with Crippen molar-refractivity contribution in [3.05, 3.63) is 94.0 Å². The molecule has 3 rings (SSSR count). The fourth-order valence-electron chi connectivity index (χ4n) is 3.42. The summed E-state index contributed by atoms with van der Waals surface area (Å²) in [7, 11) is 1.66. The number of nitrogens with two attached hydrogens (primary N) is 1. The van der Waals surface area contributed by atoms with Crippen LogP contribution in [0.1, 0.15) is 41.9 Å². The van der Waals surface area contributed by atoms with E-state index in [9.17, 15) is 22.4 Å². The summed E-state index contributed by atoms with van der Waals surface area (Å²) in [6, 6.07) is 10.3. The number of nitrogens with one attached hydrogen (secondary N) is 2. The van der Waals surface area contributed by atoms with Gasteiger partial charge in [0.2, 0.25) is 5.96 Å². The Hall–Kier alpha value is -3.92. The van der Waals surface area contributed by atoms with Crippen molar-refractivity contribution in [3.8, 4) is 0 Å². The predicted molar refractivity (Wildman–Crippen MR) is 137 cm³/mol. The molecule has 0 aliphatic carbocycles. The molecule has 0 saturated carbocycles. The third-order valence-electron chi connectivity index (χ3n) is 5.23. The van der Waals surface area contributed by atoms with E-state index in [0.717, 1.165) is 36.8 Å². The lowest BCUT2D eigenvalue weighted by Crippen LogP contribution is -2.37. The zero-order valence-electron chi connectivity index (χ0n) is 20.0. The van der Waals surface area contributed by atoms with Gasteiger partial charge in [-0.2, -0.15) is 4.99 Å². The molecule has 1 unspecified atom stereocenters. The first-order valence-electron chi connectivity index (χ1n) is 11.3. The number of rotatable bonds is 7. The van der Waals surface area contributed by atoms with Gasteiger partial charge in [0.25, 0.3) is 12.1 Å². The summed E-state index contributed by atoms with van der Waals surface area (Å²) in [6.45, 7) is 1.96. The van der Waals surface area contributed by atoms with Crippen molar-refractivity contribution in [1.29, 1.82) is 0 Å². The molecule has 1 atom stereocenters. The van der Waals surface area contributed by atoms with Crippen LogP contribution in [0.4, 0.5) is 28.9 Å². The maximum Gasteiger partial charge on any atom is 0.279 e. The zero-order chi connectivity index (χ0) is 27.1. The van der Waals surface area contributed by atoms with Crippen molar-refractivity contribution < 1.29 is 26.9 Å². The minimum Gasteiger partial charge on any atom is -0.398 e. The number of benzene rings is 3. The van der Waals surface area contributed by atoms with Crippen LogP contribution in [0, 0.1) is 23.3 Å². The summed E-state index contributed by atoms with van der Waals surface area (Å²) >= 11 is 5.95. The van der Waals surface area contributed by atoms with Crippen molar-refractivity contribution in [3.63, 3.8) is 0 Å². The molecule has 0 saturated heterocycles. The Morgan fingerprint density at radius 1 is 1.08 bits per heavy atom. The first-order chi connectivity index (χ1) is 17.6. The van der Waals surface area contributed by atoms with Gasteiger partial charge >= 0.3 is 0 Å². The van der Waals surface area contributed by atoms with Gasteiger partial charge in [-0.3, -0.25) is 10.1 Å². The lowest BCUT2D eigenvalue weighted by Gasteiger charge is -2.17. The lowest BCUT2D eigenvalue weighted by molar-refractivity contribution is -0.539. The molecule has 11 heteroatoms. The summed E-state index contributed by atoms with van der Waals surface area (Å²) in [6.07, 6.45) is 2.16. The molecule has 3 aromatic carbocycles. The summed E-state index contributed by atoms with van der Waals surface area (Å²) < 4.78 is 57.6. The van der Waals surface area contributed by atoms with E-state index < -0.39 is 35.3 Å². The Kier molecular flexibility index (Phi) is 9.24. The summed E-state index contributed by atoms with van der Waals surface area (Å²) in [4.78, 5) is 17.4. The Morgan fingerprint density at radius 2 is 1.84 bits per heavy atom. The number of carbonyl (C=O) groups is 1. The Bertz CT molecular complexity index is 1320. The van der Waals surface area contributed by atoms with Crippen LogP contribution >= 0.6 is 11.6 Å². The number of guanidine groups is 1. The van der Waals surface area contributed by atoms with Crippen LogP contribution in [0.15, 0.2) is 59.6 Å². The van der Waals surface area contributed by atoms with Crippen molar-refractivity contribution in [2.75, 3.05) is 18.1 Å². The third kappa shape index (κ3) is 7.29. The summed E-state index contributed by atoms with van der Waals surface area (Å²) in [5, 5.41) is 5.29. The number of hydrogen-bond donors (Lipinski definition) is 3. The highest BCUT2D eigenvalue weighted by molar-refractivity contribution is 6.31. The molecular weight excluding hydrogens is 510 g/mol. The lowest BCUT2D eigenvalue weighted by atomic mass is 10.1. The van der Waals surface area contributed by atoms with Crippen molar-refractivity contribution in [2.45, 2.75) is 25.9 Å². The molecule has 6 nitrogen and oxygen atoms in total. The molecule has 0 bridgehead atoms. The van der Waals surface area contributed by atoms with E-state index in [1.165, 1.54) is 24.3 Å². The van der Waals surface area contributed by atoms with Gasteiger partial charge in [-0.1, -0.05) is 24.6 Å². The molecule has 0 fully saturated rings. The van der Waals surface area contributed by atoms with Crippen LogP contribution in [-0.4, -0.2) is 29.7 Å². The number of anilines is 2. The van der Waals surface area contributed by atoms with Crippen LogP contribution in [0.2, 0.25) is 5.02 Å². The maximum absolute atomic E-state index is 14.9. The Balaban J connectivity index is 2.12. The number of aliphatic imine (C=N–C) groups is 1. The van der Waals surface area contributed by atoms with Gasteiger partial charge in [0.15, 0.2) is 11.6 Å². The summed E-state index contributed by atoms with van der Waals surface area (Å²) in [5.41, 5.74) is 6.14. The topological polar surface area (TPSA) is 82.5 Å². The van der Waals surface area contributed by atoms with Gasteiger partial charge in [0.05, 0.1) is 0 Å². The van der Waals surface area contributed by atoms with Crippen LogP contribution in [0.5, 0.6) is 0 Å². The Labute approximate surface area is 216 Å². The average molecular weight is 535 g/mol. The molecular formula is C26H25ClF4N5O+. The molecule has 4 N–H and O–H groups in total. The van der Waals surface area contributed by atoms with Gasteiger partial charge in [-0.15, -0.1) is 0 Å². The minimum absolute atomic E-state index is 0.0380. The quantitative estimate of drug-likeness (QED) is 0.116. The fraction of sp³-hybridized carbons (Fsp3) is 0.192. The average Bonchev–Trinajstić information content (AvgIpc) is 2.82. The van der Waals surface area contributed by atoms with E-state index in [1.54, 1.807) is 17.8 Å². The SMILES string of the molecule is CCCC=[N+](C)C(N=C(NC(=O)c1ccc(F)c(F)c1)Nc1cc(F)cc(Cl)c1)c1c(N)cccc1F. The van der Waals surface area contributed by atoms with E-state index in [-0.39, 0.29) is 33.5 Å². The summed E-state index contributed by atoms with van der Waals surface area (Å²) in [5.74, 6) is -4.74. The highest BCUT2D eigenvalue weighted by Crippen LogP contribution is 2.28. The fourth-order valence-corrected chi connectivity index (χ4v) is 3.64. The molecule has 0 aliphatic heterocycles. The number of nitrogen functional groups attached to an aromatic ring is 1. The van der Waals surface area contributed by atoms with Gasteiger partial charge in [-0.05, 0) is 55.0 Å². The molecule has 3 aromatic rings. The second kappa shape index (κ2) is 12.4. The predicted octanol–water partition coefficient (Wildman–Crippen LogP) is 5.89. The van der Waals surface area contributed by atoms with Crippen molar-refractivity contribution >= 4 is 41.1 Å². The molecule has 37 heavy (non-hydrogen) atoms. The van der Waals surface area contributed by atoms with Crippen LogP contribution in [0.25, 0.3) is 0 Å². The van der Waals surface area contributed by atoms with Crippen LogP contribution in [0.3, 0.4) is 0 Å². The second-order valence-electron chi connectivity index (χ2n) is 8.10. The highest BCUT2D eigenvalue weighted by Gasteiger charge is 2.27. The number of hydrogen-bond acceptors (Lipinski definition) is 3. The van der Waals surface area contributed by atoms with E-state index in [0.29, 0.717) is 6.42 Å². The van der Waals surface area contributed by atoms with Crippen molar-refractivity contribution in [2.24, 2.45) is 4.99 Å². The van der Waals surface area contributed by atoms with Gasteiger partial charge in [-0.25, -0.2) is 22.1 Å². The first kappa shape index (κ1) is 27.7. The number of nitrogens with zero attached hydrogens (tertiary/aromatic N) is 2. The number of unbranched alkanes of at least 4 members (excludes halogenated alkanes) is 1. The number of amides is 1. The monoisotopic (exact) mass is 534 g/mol. The molecule has 0 spiro atoms. The van der Waals surface area contributed by atoms with E-state index in [4.69, 9.17) is 17.3 Å². The largest absolute Gasteiger partial charge is 0.398 e. The molecule has 1 amide bonds. The highest BCUT2D eigenvalue weighted by atomic mass is 35.5. The zero-order valence-corrected chi connectivity index (χ0v) is 20.8. The second-order valence-corrected chi connectivity index (χ2v) is 8.53. The van der Waals surface area contributed by atoms with Crippen molar-refractivity contribution in [1.82, 2.24) is 5.32 Å².